The Labute approximate surface area is 185 Å². The standard InChI is InChI=1S/C29H43F/c1-3-5-7-8-23-12-17-26(18-13-23)27-19-14-24(15-20-27)10-11-25-16-21-28(9-6-4-2)29(30)22-25/h16,21-24,26-27H,3-9,12-15,17-20H2,1-2H3/t23-,24-,26-,27-. The first-order chi connectivity index (χ1) is 14.7. The minimum absolute atomic E-state index is 0.0794. The minimum atomic E-state index is -0.0794. The van der Waals surface area contributed by atoms with Gasteiger partial charge in [0.2, 0.25) is 0 Å². The molecule has 0 nitrogen and oxygen atoms in total. The highest BCUT2D eigenvalue weighted by molar-refractivity contribution is 5.37. The van der Waals surface area contributed by atoms with Crippen molar-refractivity contribution in [2.45, 2.75) is 110 Å². The van der Waals surface area contributed by atoms with Crippen LogP contribution in [0.15, 0.2) is 18.2 Å². The van der Waals surface area contributed by atoms with Crippen LogP contribution in [0.3, 0.4) is 0 Å². The summed E-state index contributed by atoms with van der Waals surface area (Å²) >= 11 is 0. The van der Waals surface area contributed by atoms with Gasteiger partial charge in [0, 0.05) is 11.5 Å². The molecule has 166 valence electrons. The number of hydrogen-bond acceptors (Lipinski definition) is 0. The molecule has 2 fully saturated rings. The SMILES string of the molecule is CCCCC[C@H]1CC[C@H]([C@H]2CC[C@H](C#Cc3ccc(CCCC)c(F)c3)CC2)CC1. The largest absolute Gasteiger partial charge is 0.207 e. The lowest BCUT2D eigenvalue weighted by molar-refractivity contribution is 0.153. The van der Waals surface area contributed by atoms with Crippen molar-refractivity contribution >= 4 is 0 Å². The summed E-state index contributed by atoms with van der Waals surface area (Å²) in [5, 5.41) is 0. The van der Waals surface area contributed by atoms with Crippen molar-refractivity contribution in [2.75, 3.05) is 0 Å². The van der Waals surface area contributed by atoms with E-state index in [0.717, 1.165) is 48.1 Å². The lowest BCUT2D eigenvalue weighted by Crippen LogP contribution is -2.25. The average molecular weight is 411 g/mol. The van der Waals surface area contributed by atoms with Gasteiger partial charge in [-0.05, 0) is 86.8 Å². The van der Waals surface area contributed by atoms with E-state index in [1.807, 2.05) is 12.1 Å². The van der Waals surface area contributed by atoms with E-state index in [-0.39, 0.29) is 5.82 Å². The van der Waals surface area contributed by atoms with E-state index in [4.69, 9.17) is 0 Å². The molecule has 0 amide bonds. The quantitative estimate of drug-likeness (QED) is 0.297. The molecule has 0 saturated heterocycles. The van der Waals surface area contributed by atoms with Crippen LogP contribution in [0.4, 0.5) is 4.39 Å². The van der Waals surface area contributed by atoms with Gasteiger partial charge in [0.25, 0.3) is 0 Å². The van der Waals surface area contributed by atoms with Gasteiger partial charge in [0.05, 0.1) is 0 Å². The van der Waals surface area contributed by atoms with Crippen LogP contribution >= 0.6 is 0 Å². The Bertz CT molecular complexity index is 678. The first kappa shape index (κ1) is 23.4. The number of hydrogen-bond donors (Lipinski definition) is 0. The molecule has 0 heterocycles. The average Bonchev–Trinajstić information content (AvgIpc) is 2.78. The lowest BCUT2D eigenvalue weighted by Gasteiger charge is -2.37. The summed E-state index contributed by atoms with van der Waals surface area (Å²) in [6.45, 7) is 4.45. The second kappa shape index (κ2) is 12.5. The fourth-order valence-electron chi connectivity index (χ4n) is 5.75. The molecule has 3 rings (SSSR count). The third-order valence-electron chi connectivity index (χ3n) is 7.82. The normalized spacial score (nSPS) is 26.8. The number of benzene rings is 1. The van der Waals surface area contributed by atoms with Gasteiger partial charge in [-0.2, -0.15) is 0 Å². The van der Waals surface area contributed by atoms with Crippen LogP contribution < -0.4 is 0 Å². The van der Waals surface area contributed by atoms with E-state index in [0.29, 0.717) is 5.92 Å². The number of unbranched alkanes of at least 4 members (excludes halogenated alkanes) is 3. The van der Waals surface area contributed by atoms with Crippen molar-refractivity contribution in [2.24, 2.45) is 23.7 Å². The summed E-state index contributed by atoms with van der Waals surface area (Å²) in [5.41, 5.74) is 1.68. The Morgan fingerprint density at radius 3 is 2.13 bits per heavy atom. The summed E-state index contributed by atoms with van der Waals surface area (Å²) in [6, 6.07) is 5.58. The van der Waals surface area contributed by atoms with Crippen molar-refractivity contribution in [1.82, 2.24) is 0 Å². The molecule has 0 N–H and O–H groups in total. The molecule has 2 saturated carbocycles. The molecule has 2 aliphatic carbocycles. The molecule has 0 radical (unpaired) electrons. The monoisotopic (exact) mass is 410 g/mol. The minimum Gasteiger partial charge on any atom is -0.207 e. The van der Waals surface area contributed by atoms with Crippen molar-refractivity contribution < 1.29 is 4.39 Å². The maximum atomic E-state index is 14.2. The van der Waals surface area contributed by atoms with Crippen LogP contribution in [0.1, 0.15) is 115 Å². The highest BCUT2D eigenvalue weighted by Crippen LogP contribution is 2.42. The summed E-state index contributed by atoms with van der Waals surface area (Å²) in [7, 11) is 0. The molecule has 1 heteroatoms. The van der Waals surface area contributed by atoms with Gasteiger partial charge in [-0.15, -0.1) is 0 Å². The smallest absolute Gasteiger partial charge is 0.127 e. The van der Waals surface area contributed by atoms with Crippen molar-refractivity contribution in [3.05, 3.63) is 35.1 Å². The summed E-state index contributed by atoms with van der Waals surface area (Å²) in [4.78, 5) is 0. The maximum Gasteiger partial charge on any atom is 0.127 e. The van der Waals surface area contributed by atoms with Gasteiger partial charge >= 0.3 is 0 Å². The Morgan fingerprint density at radius 2 is 1.50 bits per heavy atom. The van der Waals surface area contributed by atoms with E-state index in [2.05, 4.69) is 25.7 Å². The van der Waals surface area contributed by atoms with Crippen LogP contribution in [0, 0.1) is 41.3 Å². The van der Waals surface area contributed by atoms with Crippen molar-refractivity contribution in [3.63, 3.8) is 0 Å². The van der Waals surface area contributed by atoms with E-state index in [9.17, 15) is 4.39 Å². The fraction of sp³-hybridized carbons (Fsp3) is 0.724. The van der Waals surface area contributed by atoms with Gasteiger partial charge in [-0.1, -0.05) is 76.7 Å². The van der Waals surface area contributed by atoms with Gasteiger partial charge in [0.15, 0.2) is 0 Å². The molecule has 30 heavy (non-hydrogen) atoms. The van der Waals surface area contributed by atoms with Gasteiger partial charge < -0.3 is 0 Å². The zero-order chi connectivity index (χ0) is 21.2. The second-order valence-corrected chi connectivity index (χ2v) is 10.1. The zero-order valence-electron chi connectivity index (χ0n) is 19.5. The summed E-state index contributed by atoms with van der Waals surface area (Å²) < 4.78 is 14.2. The molecule has 1 aromatic rings. The second-order valence-electron chi connectivity index (χ2n) is 10.1. The first-order valence-corrected chi connectivity index (χ1v) is 13.0. The molecule has 0 aliphatic heterocycles. The Morgan fingerprint density at radius 1 is 0.833 bits per heavy atom. The molecule has 0 spiro atoms. The molecule has 0 unspecified atom stereocenters. The molecule has 0 aromatic heterocycles. The molecule has 1 aromatic carbocycles. The number of aryl methyl sites for hydroxylation is 1. The highest BCUT2D eigenvalue weighted by atomic mass is 19.1. The van der Waals surface area contributed by atoms with Crippen LogP contribution in [0.2, 0.25) is 0 Å². The topological polar surface area (TPSA) is 0 Å². The van der Waals surface area contributed by atoms with Gasteiger partial charge in [-0.3, -0.25) is 0 Å². The molecule has 0 atom stereocenters. The lowest BCUT2D eigenvalue weighted by atomic mass is 9.69. The third kappa shape index (κ3) is 7.14. The van der Waals surface area contributed by atoms with Crippen LogP contribution in [-0.2, 0) is 6.42 Å². The fourth-order valence-corrected chi connectivity index (χ4v) is 5.75. The molecule has 2 aliphatic rings. The van der Waals surface area contributed by atoms with Gasteiger partial charge in [0.1, 0.15) is 5.82 Å². The number of halogens is 1. The summed E-state index contributed by atoms with van der Waals surface area (Å²) in [5.74, 6) is 10.1. The predicted molar refractivity (Wildman–Crippen MR) is 127 cm³/mol. The molecular formula is C29H43F. The van der Waals surface area contributed by atoms with Crippen LogP contribution in [0.25, 0.3) is 0 Å². The van der Waals surface area contributed by atoms with E-state index >= 15 is 0 Å². The first-order valence-electron chi connectivity index (χ1n) is 13.0. The predicted octanol–water partition coefficient (Wildman–Crippen LogP) is 8.71. The Hall–Kier alpha value is -1.29. The third-order valence-corrected chi connectivity index (χ3v) is 7.82. The molecule has 0 bridgehead atoms. The Balaban J connectivity index is 1.41. The van der Waals surface area contributed by atoms with Crippen LogP contribution in [-0.4, -0.2) is 0 Å². The van der Waals surface area contributed by atoms with Gasteiger partial charge in [-0.25, -0.2) is 4.39 Å². The molecular weight excluding hydrogens is 367 g/mol. The van der Waals surface area contributed by atoms with E-state index in [1.54, 1.807) is 6.07 Å². The zero-order valence-corrected chi connectivity index (χ0v) is 19.5. The van der Waals surface area contributed by atoms with Crippen molar-refractivity contribution in [3.8, 4) is 11.8 Å². The maximum absolute atomic E-state index is 14.2. The Kier molecular flexibility index (Phi) is 9.77. The highest BCUT2D eigenvalue weighted by Gasteiger charge is 2.30. The van der Waals surface area contributed by atoms with E-state index in [1.165, 1.54) is 77.0 Å². The van der Waals surface area contributed by atoms with Crippen LogP contribution in [0.5, 0.6) is 0 Å². The summed E-state index contributed by atoms with van der Waals surface area (Å²) in [6.07, 6.45) is 19.8. The van der Waals surface area contributed by atoms with E-state index < -0.39 is 0 Å². The van der Waals surface area contributed by atoms with Crippen molar-refractivity contribution in [1.29, 1.82) is 0 Å². The number of rotatable bonds is 8.